The van der Waals surface area contributed by atoms with Crippen molar-refractivity contribution in [1.82, 2.24) is 0 Å². The van der Waals surface area contributed by atoms with Crippen LogP contribution < -0.4 is 34.2 Å². The summed E-state index contributed by atoms with van der Waals surface area (Å²) >= 11 is 163. The maximum Gasteiger partial charge on any atom is 1.00 e. The fourth-order valence-electron chi connectivity index (χ4n) is 19.5. The predicted molar refractivity (Wildman–Crippen MR) is 464 cm³/mol. The number of ketones is 1. The van der Waals surface area contributed by atoms with E-state index in [1.807, 2.05) is 27.7 Å². The molecule has 0 amide bonds. The zero-order valence-corrected chi connectivity index (χ0v) is 85.7. The molecule has 13 aliphatic rings. The van der Waals surface area contributed by atoms with Crippen molar-refractivity contribution in [1.29, 1.82) is 0 Å². The van der Waals surface area contributed by atoms with Crippen molar-refractivity contribution >= 4 is 326 Å². The zero-order chi connectivity index (χ0) is 88.4. The first-order valence-corrected chi connectivity index (χ1v) is 43.2. The molecule has 0 radical (unpaired) electrons. The normalized spacial score (nSPS) is 43.1. The Balaban J connectivity index is 0.000000289. The van der Waals surface area contributed by atoms with E-state index in [1.54, 1.807) is 13.8 Å². The quantitative estimate of drug-likeness (QED) is 0.0225. The smallest absolute Gasteiger partial charge is 0.769 e. The van der Waals surface area contributed by atoms with Crippen LogP contribution in [0.15, 0.2) is 83.9 Å². The molecular formula is C68H78Cl26N3NaO18. The maximum atomic E-state index is 12.4. The number of Topliss-reactive ketones (excluding diaryl/α,β-unsaturated/α-hetero) is 1. The summed E-state index contributed by atoms with van der Waals surface area (Å²) in [7, 11) is 14.2. The minimum atomic E-state index is -1.50. The van der Waals surface area contributed by atoms with Gasteiger partial charge in [0.25, 0.3) is 0 Å². The minimum absolute atomic E-state index is 0. The summed E-state index contributed by atoms with van der Waals surface area (Å²) in [5.74, 6) is -11.7. The van der Waals surface area contributed by atoms with Crippen LogP contribution in [0, 0.1) is 82.3 Å². The third kappa shape index (κ3) is 13.1. The number of halogens is 26. The van der Waals surface area contributed by atoms with Crippen molar-refractivity contribution in [2.75, 3.05) is 90.2 Å². The molecule has 12 bridgehead atoms. The van der Waals surface area contributed by atoms with Gasteiger partial charge in [-0.2, -0.15) is 0 Å². The van der Waals surface area contributed by atoms with Crippen molar-refractivity contribution in [3.8, 4) is 6.07 Å². The van der Waals surface area contributed by atoms with Crippen molar-refractivity contribution < 1.29 is 112 Å². The number of aliphatic hydroxyl groups excluding tert-OH is 1. The Morgan fingerprint density at radius 2 is 0.759 bits per heavy atom. The summed E-state index contributed by atoms with van der Waals surface area (Å²) in [6.45, 7) is 17.3. The van der Waals surface area contributed by atoms with Gasteiger partial charge in [-0.05, 0) is 29.6 Å². The van der Waals surface area contributed by atoms with Crippen molar-refractivity contribution in [2.24, 2.45) is 81.3 Å². The number of aldehydes is 1. The second-order valence-electron chi connectivity index (χ2n) is 27.8. The van der Waals surface area contributed by atoms with Gasteiger partial charge in [-0.3, -0.25) is 4.79 Å². The number of ether oxygens (including phenoxy) is 10. The van der Waals surface area contributed by atoms with Gasteiger partial charge in [-0.25, -0.2) is 11.9 Å². The number of hydrogen-bond donors (Lipinski definition) is 2. The minimum Gasteiger partial charge on any atom is -0.769 e. The molecule has 12 unspecified atom stereocenters. The third-order valence-electron chi connectivity index (χ3n) is 25.1. The Hall–Kier alpha value is 3.77. The average molecular weight is 2170 g/mol. The summed E-state index contributed by atoms with van der Waals surface area (Å²) in [5, 5.41) is 40.8. The van der Waals surface area contributed by atoms with E-state index in [0.29, 0.717) is 13.0 Å². The van der Waals surface area contributed by atoms with Gasteiger partial charge in [0, 0.05) is 137 Å². The van der Waals surface area contributed by atoms with Crippen LogP contribution in [-0.2, 0) is 61.8 Å². The second-order valence-corrected chi connectivity index (χ2v) is 39.8. The van der Waals surface area contributed by atoms with Gasteiger partial charge in [0.2, 0.25) is 28.9 Å². The first-order valence-electron chi connectivity index (χ1n) is 33.2. The molecule has 0 aromatic heterocycles. The van der Waals surface area contributed by atoms with Gasteiger partial charge >= 0.3 is 35.6 Å². The van der Waals surface area contributed by atoms with E-state index in [4.69, 9.17) is 352 Å². The number of rotatable bonds is 15. The van der Waals surface area contributed by atoms with Gasteiger partial charge in [-0.1, -0.05) is 186 Å². The van der Waals surface area contributed by atoms with Crippen LogP contribution in [0.1, 0.15) is 48.0 Å². The number of carbonyl (C=O) groups excluding carboxylic acids is 2. The van der Waals surface area contributed by atoms with E-state index in [-0.39, 0.29) is 155 Å². The zero-order valence-electron chi connectivity index (χ0n) is 64.0. The first-order chi connectivity index (χ1) is 52.8. The Bertz CT molecular complexity index is 4000. The molecule has 21 nitrogen and oxygen atoms in total. The number of alkyl halides is 13. The molecule has 4 N–H and O–H groups in total. The van der Waals surface area contributed by atoms with Crippen molar-refractivity contribution in [3.05, 3.63) is 83.8 Å². The van der Waals surface area contributed by atoms with E-state index in [9.17, 15) is 19.9 Å². The first kappa shape index (κ1) is 112. The van der Waals surface area contributed by atoms with E-state index < -0.39 is 117 Å². The van der Waals surface area contributed by atoms with Crippen LogP contribution in [0.3, 0.4) is 0 Å². The molecule has 0 aromatic carbocycles. The molecule has 12 aliphatic carbocycles. The third-order valence-corrected chi connectivity index (χ3v) is 41.7. The van der Waals surface area contributed by atoms with E-state index in [2.05, 4.69) is 46.4 Å². The van der Waals surface area contributed by atoms with Gasteiger partial charge < -0.3 is 82.7 Å². The van der Waals surface area contributed by atoms with E-state index in [1.165, 1.54) is 77.3 Å². The van der Waals surface area contributed by atoms with E-state index in [0.717, 1.165) is 12.0 Å². The van der Waals surface area contributed by atoms with Crippen LogP contribution in [0.2, 0.25) is 0 Å². The number of fused-ring (bicyclic) bond motifs is 12. The number of methoxy groups -OCH3 is 10. The predicted octanol–water partition coefficient (Wildman–Crippen LogP) is 17.0. The number of carbonyl (C=O) groups is 2. The molecule has 48 heteroatoms. The number of nitrogens with zero attached hydrogens (tertiary/aromatic N) is 3. The molecule has 0 saturated heterocycles. The molecule has 13 rings (SSSR count). The second kappa shape index (κ2) is 39.3. The Kier molecular flexibility index (Phi) is 38.0. The summed E-state index contributed by atoms with van der Waals surface area (Å²) in [4.78, 5) is 13.3. The molecule has 0 spiro atoms. The standard InChI is InChI=1S/C11H13Cl5O2.C11H13Cl4NO3.C11H11Cl4NO3.C11H9Cl4NO2.C11H14Cl4O3.C11H12Cl4O3.C2H4.ClO.Na.H2O/c1-5-6(4-12)10(16)8(14)7(13)9(5,15)11(10,17-2)18-3;2*1-5-6(4-16-17)10(15)8(13)7(12)9(5,14)11(10,18-2)19-3;1-4-6(5-2-3-18-16-5)11(15)8(13)7(12)10(4,14)9(11)17;2*1-5-6(4-16)10(15)8(13)7(12)9(5,14)11(10,17-2)18-3;2*1-2;;/h5-6H,4H2,1-3H3;4-6,17H,1-3H3;5-6H,1-3H3;4,6H,2-3H2,1H3;5-6,16H,4H2,1-3H3;4-6H,1-3H3;1-2H2;;;1H2/q;;;;;;;-1;+1;/b;16-4+;;;;;;;;/t3*5-,6-,9?,10?;4-,6+,10?,11?;2*5-,6-,9?,10?;;;;/m000000..../s1. The molecule has 116 heavy (non-hydrogen) atoms. The van der Waals surface area contributed by atoms with Crippen LogP contribution in [0.5, 0.6) is 0 Å². The molecule has 656 valence electrons. The maximum absolute atomic E-state index is 12.4. The van der Waals surface area contributed by atoms with Crippen LogP contribution in [0.4, 0.5) is 0 Å². The topological polar surface area (TPSA) is 283 Å². The summed E-state index contributed by atoms with van der Waals surface area (Å²) in [6, 6.07) is 2.38. The van der Waals surface area contributed by atoms with Crippen molar-refractivity contribution in [3.63, 3.8) is 0 Å². The van der Waals surface area contributed by atoms with Gasteiger partial charge in [0.1, 0.15) is 72.4 Å². The summed E-state index contributed by atoms with van der Waals surface area (Å²) in [5.41, 5.74) is 0.732. The molecule has 1 heterocycles. The van der Waals surface area contributed by atoms with Crippen molar-refractivity contribution in [2.45, 2.75) is 135 Å². The Morgan fingerprint density at radius 1 is 0.474 bits per heavy atom. The fourth-order valence-corrected chi connectivity index (χ4v) is 32.8. The largest absolute Gasteiger partial charge is 1.00 e. The summed E-state index contributed by atoms with van der Waals surface area (Å²) < 4.78 is 62.5. The van der Waals surface area contributed by atoms with Gasteiger partial charge in [0.15, 0.2) is 10.7 Å². The SMILES string of the molecule is C=C.COC1(OC)C2(Cl)C(Cl)=C(Cl)C1(Cl)[C@@H](/C=N/O)[C@@H]2C.COC1(OC)C2(Cl)C(Cl)=C(Cl)C1(Cl)[C@@H](C#[N+][O-])[C@@H]2C.COC1(OC)C2(Cl)C(Cl)=C(Cl)C1(Cl)[C@@H](C=O)[C@@H]2C.COC1(OC)C2(Cl)C(Cl)=C(Cl)C1(Cl)[C@@H](CCl)[C@@H]2C.COC1(OC)C2(Cl)C(Cl)=C(Cl)C1(Cl)[C@@H](CO)[C@@H]2C.C[C@H]1[C@H](C2=NOCC2)C2(Cl)C(=O)C1(Cl)C(Cl)=C2Cl.O.[Na+].[O-]Cl. The van der Waals surface area contributed by atoms with Crippen LogP contribution in [0.25, 0.3) is 5.01 Å². The van der Waals surface area contributed by atoms with Crippen LogP contribution in [-0.4, -0.2) is 217 Å². The molecule has 1 aliphatic heterocycles. The fraction of sp³-hybridized carbons (Fsp3) is 0.721. The Labute approximate surface area is 824 Å². The van der Waals surface area contributed by atoms with Crippen LogP contribution >= 0.6 is 302 Å². The molecule has 24 atom stereocenters. The summed E-state index contributed by atoms with van der Waals surface area (Å²) in [6.07, 6.45) is 2.63. The molecular weight excluding hydrogens is 2090 g/mol. The molecule has 6 fully saturated rings. The average Bonchev–Trinajstić information content (AvgIpc) is 1.46. The molecule has 0 aromatic rings. The number of allylic oxidation sites excluding steroid dienone is 2. The molecule has 6 saturated carbocycles. The van der Waals surface area contributed by atoms with Gasteiger partial charge in [0.05, 0.1) is 66.1 Å². The Morgan fingerprint density at radius 3 is 1.04 bits per heavy atom. The number of aliphatic hydroxyl groups is 1. The monoisotopic (exact) mass is 2160 g/mol. The number of oxime groups is 2. The van der Waals surface area contributed by atoms with E-state index >= 15 is 0 Å². The van der Waals surface area contributed by atoms with Gasteiger partial charge in [-0.15, -0.1) is 169 Å². The number of hydrogen-bond acceptors (Lipinski definition) is 19.